The fourth-order valence-electron chi connectivity index (χ4n) is 2.48. The zero-order valence-corrected chi connectivity index (χ0v) is 12.7. The Labute approximate surface area is 117 Å². The summed E-state index contributed by atoms with van der Waals surface area (Å²) in [6, 6.07) is 5.21. The standard InChI is InChI=1S/C16H27N3/c1-5-14-8-13(10-17-4)9-16(18-14)19(11-12(2)3)15-6-7-15/h8-9,12,15,17H,5-7,10-11H2,1-4H3. The summed E-state index contributed by atoms with van der Waals surface area (Å²) in [5.41, 5.74) is 2.55. The van der Waals surface area contributed by atoms with Crippen LogP contribution in [-0.4, -0.2) is 24.6 Å². The topological polar surface area (TPSA) is 28.2 Å². The maximum absolute atomic E-state index is 4.85. The Hall–Kier alpha value is -1.09. The minimum absolute atomic E-state index is 0.681. The SMILES string of the molecule is CCc1cc(CNC)cc(N(CC(C)C)C2CC2)n1. The molecule has 0 saturated heterocycles. The Morgan fingerprint density at radius 3 is 2.63 bits per heavy atom. The van der Waals surface area contributed by atoms with Gasteiger partial charge >= 0.3 is 0 Å². The first-order valence-electron chi connectivity index (χ1n) is 7.55. The van der Waals surface area contributed by atoms with Crippen molar-refractivity contribution in [3.63, 3.8) is 0 Å². The van der Waals surface area contributed by atoms with E-state index in [0.717, 1.165) is 25.6 Å². The third kappa shape index (κ3) is 3.93. The normalized spacial score (nSPS) is 15.0. The molecule has 106 valence electrons. The van der Waals surface area contributed by atoms with Gasteiger partial charge in [-0.05, 0) is 49.9 Å². The first kappa shape index (κ1) is 14.3. The quantitative estimate of drug-likeness (QED) is 0.818. The van der Waals surface area contributed by atoms with Gasteiger partial charge in [0.25, 0.3) is 0 Å². The van der Waals surface area contributed by atoms with Crippen molar-refractivity contribution in [1.82, 2.24) is 10.3 Å². The van der Waals surface area contributed by atoms with Gasteiger partial charge in [0.15, 0.2) is 0 Å². The molecule has 3 nitrogen and oxygen atoms in total. The third-order valence-electron chi connectivity index (χ3n) is 3.51. The lowest BCUT2D eigenvalue weighted by molar-refractivity contribution is 0.601. The molecule has 1 heterocycles. The van der Waals surface area contributed by atoms with Gasteiger partial charge in [-0.25, -0.2) is 4.98 Å². The molecule has 1 aromatic rings. The van der Waals surface area contributed by atoms with Gasteiger partial charge in [0.2, 0.25) is 0 Å². The second-order valence-electron chi connectivity index (χ2n) is 5.99. The first-order chi connectivity index (χ1) is 9.13. The number of hydrogen-bond donors (Lipinski definition) is 1. The molecule has 1 N–H and O–H groups in total. The van der Waals surface area contributed by atoms with Crippen molar-refractivity contribution >= 4 is 5.82 Å². The molecule has 1 aromatic heterocycles. The second-order valence-corrected chi connectivity index (χ2v) is 5.99. The number of rotatable bonds is 7. The van der Waals surface area contributed by atoms with E-state index in [1.807, 2.05) is 7.05 Å². The molecule has 0 spiro atoms. The lowest BCUT2D eigenvalue weighted by atomic mass is 10.1. The summed E-state index contributed by atoms with van der Waals surface area (Å²) in [6.07, 6.45) is 3.66. The van der Waals surface area contributed by atoms with Crippen LogP contribution >= 0.6 is 0 Å². The molecule has 0 radical (unpaired) electrons. The van der Waals surface area contributed by atoms with Gasteiger partial charge < -0.3 is 10.2 Å². The van der Waals surface area contributed by atoms with Crippen LogP contribution < -0.4 is 10.2 Å². The molecule has 2 rings (SSSR count). The van der Waals surface area contributed by atoms with E-state index in [1.165, 1.54) is 29.9 Å². The summed E-state index contributed by atoms with van der Waals surface area (Å²) in [4.78, 5) is 7.36. The van der Waals surface area contributed by atoms with Crippen LogP contribution in [0.2, 0.25) is 0 Å². The average Bonchev–Trinajstić information content (AvgIpc) is 3.20. The van der Waals surface area contributed by atoms with Gasteiger partial charge in [-0.15, -0.1) is 0 Å². The smallest absolute Gasteiger partial charge is 0.129 e. The van der Waals surface area contributed by atoms with Crippen molar-refractivity contribution in [3.05, 3.63) is 23.4 Å². The van der Waals surface area contributed by atoms with Gasteiger partial charge in [0.1, 0.15) is 5.82 Å². The van der Waals surface area contributed by atoms with Crippen LogP contribution in [0.3, 0.4) is 0 Å². The van der Waals surface area contributed by atoms with Gasteiger partial charge in [-0.3, -0.25) is 0 Å². The molecule has 0 aromatic carbocycles. The van der Waals surface area contributed by atoms with Crippen molar-refractivity contribution in [3.8, 4) is 0 Å². The number of aryl methyl sites for hydroxylation is 1. The van der Waals surface area contributed by atoms with Crippen LogP contribution in [0.5, 0.6) is 0 Å². The van der Waals surface area contributed by atoms with E-state index in [9.17, 15) is 0 Å². The average molecular weight is 261 g/mol. The Morgan fingerprint density at radius 1 is 1.37 bits per heavy atom. The van der Waals surface area contributed by atoms with Crippen LogP contribution in [0, 0.1) is 5.92 Å². The molecule has 0 amide bonds. The minimum atomic E-state index is 0.681. The van der Waals surface area contributed by atoms with Gasteiger partial charge in [0.05, 0.1) is 0 Å². The summed E-state index contributed by atoms with van der Waals surface area (Å²) in [5.74, 6) is 1.86. The molecule has 0 unspecified atom stereocenters. The van der Waals surface area contributed by atoms with Gasteiger partial charge in [-0.1, -0.05) is 20.8 Å². The van der Waals surface area contributed by atoms with E-state index in [0.29, 0.717) is 5.92 Å². The van der Waals surface area contributed by atoms with Gasteiger partial charge in [0, 0.05) is 24.8 Å². The van der Waals surface area contributed by atoms with Crippen molar-refractivity contribution < 1.29 is 0 Å². The first-order valence-corrected chi connectivity index (χ1v) is 7.55. The van der Waals surface area contributed by atoms with Crippen molar-refractivity contribution in [2.24, 2.45) is 5.92 Å². The largest absolute Gasteiger partial charge is 0.353 e. The number of hydrogen-bond acceptors (Lipinski definition) is 3. The predicted molar refractivity (Wildman–Crippen MR) is 81.6 cm³/mol. The summed E-state index contributed by atoms with van der Waals surface area (Å²) in [7, 11) is 2.00. The zero-order valence-electron chi connectivity index (χ0n) is 12.7. The molecular formula is C16H27N3. The maximum Gasteiger partial charge on any atom is 0.129 e. The number of nitrogens with zero attached hydrogens (tertiary/aromatic N) is 2. The summed E-state index contributed by atoms with van der Waals surface area (Å²) in [5, 5.41) is 3.24. The lowest BCUT2D eigenvalue weighted by Gasteiger charge is -2.26. The van der Waals surface area contributed by atoms with Crippen molar-refractivity contribution in [2.75, 3.05) is 18.5 Å². The van der Waals surface area contributed by atoms with E-state index < -0.39 is 0 Å². The summed E-state index contributed by atoms with van der Waals surface area (Å²) < 4.78 is 0. The van der Waals surface area contributed by atoms with E-state index >= 15 is 0 Å². The van der Waals surface area contributed by atoms with E-state index in [-0.39, 0.29) is 0 Å². The van der Waals surface area contributed by atoms with Crippen molar-refractivity contribution in [2.45, 2.75) is 52.6 Å². The van der Waals surface area contributed by atoms with Crippen LogP contribution in [0.25, 0.3) is 0 Å². The lowest BCUT2D eigenvalue weighted by Crippen LogP contribution is -2.31. The fraction of sp³-hybridized carbons (Fsp3) is 0.688. The molecule has 1 fully saturated rings. The Morgan fingerprint density at radius 2 is 2.11 bits per heavy atom. The van der Waals surface area contributed by atoms with E-state index in [4.69, 9.17) is 4.98 Å². The zero-order chi connectivity index (χ0) is 13.8. The van der Waals surface area contributed by atoms with Gasteiger partial charge in [-0.2, -0.15) is 0 Å². The highest BCUT2D eigenvalue weighted by molar-refractivity contribution is 5.45. The van der Waals surface area contributed by atoms with Crippen molar-refractivity contribution in [1.29, 1.82) is 0 Å². The number of anilines is 1. The van der Waals surface area contributed by atoms with Crippen LogP contribution in [0.4, 0.5) is 5.82 Å². The molecular weight excluding hydrogens is 234 g/mol. The highest BCUT2D eigenvalue weighted by atomic mass is 15.2. The maximum atomic E-state index is 4.85. The van der Waals surface area contributed by atoms with Crippen LogP contribution in [0.15, 0.2) is 12.1 Å². The molecule has 3 heteroatoms. The molecule has 0 aliphatic heterocycles. The number of nitrogens with one attached hydrogen (secondary N) is 1. The predicted octanol–water partition coefficient (Wildman–Crippen LogP) is 2.99. The molecule has 0 bridgehead atoms. The molecule has 1 aliphatic rings. The highest BCUT2D eigenvalue weighted by Gasteiger charge is 2.30. The second kappa shape index (κ2) is 6.38. The summed E-state index contributed by atoms with van der Waals surface area (Å²) in [6.45, 7) is 8.78. The molecule has 19 heavy (non-hydrogen) atoms. The number of pyridine rings is 1. The van der Waals surface area contributed by atoms with E-state index in [2.05, 4.69) is 43.1 Å². The van der Waals surface area contributed by atoms with E-state index in [1.54, 1.807) is 0 Å². The third-order valence-corrected chi connectivity index (χ3v) is 3.51. The molecule has 0 atom stereocenters. The highest BCUT2D eigenvalue weighted by Crippen LogP contribution is 2.32. The monoisotopic (exact) mass is 261 g/mol. The Balaban J connectivity index is 2.26. The Bertz CT molecular complexity index is 410. The number of aromatic nitrogens is 1. The fourth-order valence-corrected chi connectivity index (χ4v) is 2.48. The molecule has 1 aliphatic carbocycles. The summed E-state index contributed by atoms with van der Waals surface area (Å²) >= 11 is 0. The van der Waals surface area contributed by atoms with Crippen LogP contribution in [0.1, 0.15) is 44.9 Å². The van der Waals surface area contributed by atoms with Crippen LogP contribution in [-0.2, 0) is 13.0 Å². The minimum Gasteiger partial charge on any atom is -0.353 e. The molecule has 1 saturated carbocycles. The Kier molecular flexibility index (Phi) is 4.81.